The van der Waals surface area contributed by atoms with Crippen LogP contribution in [-0.4, -0.2) is 28.5 Å². The van der Waals surface area contributed by atoms with Crippen LogP contribution in [0.1, 0.15) is 11.4 Å². The standard InChI is InChI=1S/C19H18F3N5/c1-12-24-16(26-15-4-3-14(20)18(21)19(15)22)11-17(25-12)27(2)10-7-13-5-8-23-9-6-13/h3-6,8-9,11H,7,10H2,1-2H3,(H,24,25,26). The van der Waals surface area contributed by atoms with Crippen LogP contribution in [0.3, 0.4) is 0 Å². The Bertz CT molecular complexity index is 934. The average molecular weight is 373 g/mol. The zero-order valence-corrected chi connectivity index (χ0v) is 14.9. The Balaban J connectivity index is 1.77. The molecule has 0 aliphatic carbocycles. The van der Waals surface area contributed by atoms with Gasteiger partial charge >= 0.3 is 0 Å². The lowest BCUT2D eigenvalue weighted by molar-refractivity contribution is 0.449. The first-order valence-electron chi connectivity index (χ1n) is 8.30. The third-order valence-corrected chi connectivity index (χ3v) is 4.00. The minimum absolute atomic E-state index is 0.197. The first-order valence-corrected chi connectivity index (χ1v) is 8.30. The molecule has 8 heteroatoms. The number of nitrogens with one attached hydrogen (secondary N) is 1. The second-order valence-electron chi connectivity index (χ2n) is 6.03. The molecule has 3 rings (SSSR count). The van der Waals surface area contributed by atoms with Gasteiger partial charge in [0.25, 0.3) is 0 Å². The first-order chi connectivity index (χ1) is 12.9. The minimum Gasteiger partial charge on any atom is -0.359 e. The fourth-order valence-electron chi connectivity index (χ4n) is 2.53. The summed E-state index contributed by atoms with van der Waals surface area (Å²) in [6.45, 7) is 2.40. The summed E-state index contributed by atoms with van der Waals surface area (Å²) in [5.74, 6) is -2.68. The van der Waals surface area contributed by atoms with Crippen molar-refractivity contribution in [3.63, 3.8) is 0 Å². The SMILES string of the molecule is Cc1nc(Nc2ccc(F)c(F)c2F)cc(N(C)CCc2ccncc2)n1. The lowest BCUT2D eigenvalue weighted by Gasteiger charge is -2.19. The number of nitrogens with zero attached hydrogens (tertiary/aromatic N) is 4. The number of likely N-dealkylation sites (N-methyl/N-ethyl adjacent to an activating group) is 1. The molecule has 2 aromatic heterocycles. The van der Waals surface area contributed by atoms with Gasteiger partial charge in [0.15, 0.2) is 17.5 Å². The van der Waals surface area contributed by atoms with Gasteiger partial charge in [0.2, 0.25) is 0 Å². The molecule has 0 atom stereocenters. The third-order valence-electron chi connectivity index (χ3n) is 4.00. The number of benzene rings is 1. The van der Waals surface area contributed by atoms with Crippen LogP contribution >= 0.6 is 0 Å². The van der Waals surface area contributed by atoms with E-state index >= 15 is 0 Å². The Morgan fingerprint density at radius 1 is 1.00 bits per heavy atom. The number of rotatable bonds is 6. The van der Waals surface area contributed by atoms with Gasteiger partial charge in [-0.25, -0.2) is 23.1 Å². The van der Waals surface area contributed by atoms with Crippen molar-refractivity contribution in [2.24, 2.45) is 0 Å². The minimum atomic E-state index is -1.53. The van der Waals surface area contributed by atoms with Gasteiger partial charge < -0.3 is 10.2 Å². The summed E-state index contributed by atoms with van der Waals surface area (Å²) < 4.78 is 40.4. The fraction of sp³-hybridized carbons (Fsp3) is 0.211. The number of aryl methyl sites for hydroxylation is 1. The van der Waals surface area contributed by atoms with Crippen LogP contribution in [0.25, 0.3) is 0 Å². The van der Waals surface area contributed by atoms with E-state index in [1.807, 2.05) is 24.1 Å². The Morgan fingerprint density at radius 3 is 2.48 bits per heavy atom. The molecular formula is C19H18F3N5. The quantitative estimate of drug-likeness (QED) is 0.662. The van der Waals surface area contributed by atoms with Gasteiger partial charge in [-0.1, -0.05) is 0 Å². The second-order valence-corrected chi connectivity index (χ2v) is 6.03. The van der Waals surface area contributed by atoms with E-state index in [-0.39, 0.29) is 11.5 Å². The van der Waals surface area contributed by atoms with Crippen molar-refractivity contribution < 1.29 is 13.2 Å². The fourth-order valence-corrected chi connectivity index (χ4v) is 2.53. The van der Waals surface area contributed by atoms with E-state index in [1.165, 1.54) is 0 Å². The molecule has 3 aromatic rings. The largest absolute Gasteiger partial charge is 0.359 e. The molecule has 27 heavy (non-hydrogen) atoms. The summed E-state index contributed by atoms with van der Waals surface area (Å²) in [6, 6.07) is 7.49. The molecular weight excluding hydrogens is 355 g/mol. The zero-order valence-electron chi connectivity index (χ0n) is 14.9. The highest BCUT2D eigenvalue weighted by Crippen LogP contribution is 2.24. The highest BCUT2D eigenvalue weighted by atomic mass is 19.2. The molecule has 0 radical (unpaired) electrons. The Labute approximate surface area is 154 Å². The maximum Gasteiger partial charge on any atom is 0.196 e. The molecule has 5 nitrogen and oxygen atoms in total. The number of anilines is 3. The van der Waals surface area contributed by atoms with Crippen molar-refractivity contribution in [1.29, 1.82) is 0 Å². The van der Waals surface area contributed by atoms with Crippen molar-refractivity contribution in [2.75, 3.05) is 23.8 Å². The van der Waals surface area contributed by atoms with Crippen LogP contribution in [0.15, 0.2) is 42.7 Å². The molecule has 1 N–H and O–H groups in total. The van der Waals surface area contributed by atoms with Gasteiger partial charge in [0.1, 0.15) is 17.5 Å². The number of halogens is 3. The maximum absolute atomic E-state index is 13.9. The van der Waals surface area contributed by atoms with Crippen molar-refractivity contribution in [2.45, 2.75) is 13.3 Å². The zero-order chi connectivity index (χ0) is 19.4. The van der Waals surface area contributed by atoms with Gasteiger partial charge in [-0.3, -0.25) is 4.98 Å². The van der Waals surface area contributed by atoms with Crippen LogP contribution in [0.5, 0.6) is 0 Å². The summed E-state index contributed by atoms with van der Waals surface area (Å²) in [5.41, 5.74) is 0.947. The molecule has 0 aliphatic rings. The van der Waals surface area contributed by atoms with Gasteiger partial charge in [-0.2, -0.15) is 0 Å². The van der Waals surface area contributed by atoms with Crippen molar-refractivity contribution >= 4 is 17.3 Å². The predicted molar refractivity (Wildman–Crippen MR) is 97.6 cm³/mol. The monoisotopic (exact) mass is 373 g/mol. The van der Waals surface area contributed by atoms with E-state index in [0.717, 1.165) is 24.1 Å². The van der Waals surface area contributed by atoms with Crippen LogP contribution in [0, 0.1) is 24.4 Å². The van der Waals surface area contributed by atoms with Crippen LogP contribution < -0.4 is 10.2 Å². The molecule has 1 aromatic carbocycles. The molecule has 140 valence electrons. The van der Waals surface area contributed by atoms with E-state index < -0.39 is 17.5 Å². The molecule has 0 unspecified atom stereocenters. The van der Waals surface area contributed by atoms with E-state index in [2.05, 4.69) is 20.3 Å². The van der Waals surface area contributed by atoms with E-state index in [4.69, 9.17) is 0 Å². The lowest BCUT2D eigenvalue weighted by Crippen LogP contribution is -2.22. The van der Waals surface area contributed by atoms with Crippen LogP contribution in [-0.2, 0) is 6.42 Å². The Kier molecular flexibility index (Phi) is 5.54. The molecule has 0 amide bonds. The number of pyridine rings is 1. The highest BCUT2D eigenvalue weighted by molar-refractivity contribution is 5.60. The highest BCUT2D eigenvalue weighted by Gasteiger charge is 2.15. The summed E-state index contributed by atoms with van der Waals surface area (Å²) in [6.07, 6.45) is 4.27. The molecule has 0 saturated heterocycles. The second kappa shape index (κ2) is 8.03. The lowest BCUT2D eigenvalue weighted by atomic mass is 10.2. The van der Waals surface area contributed by atoms with Crippen molar-refractivity contribution in [3.8, 4) is 0 Å². The summed E-state index contributed by atoms with van der Waals surface area (Å²) >= 11 is 0. The maximum atomic E-state index is 13.9. The predicted octanol–water partition coefficient (Wildman–Crippen LogP) is 4.02. The van der Waals surface area contributed by atoms with E-state index in [9.17, 15) is 13.2 Å². The van der Waals surface area contributed by atoms with E-state index in [0.29, 0.717) is 18.2 Å². The smallest absolute Gasteiger partial charge is 0.196 e. The number of hydrogen-bond donors (Lipinski definition) is 1. The average Bonchev–Trinajstić information content (AvgIpc) is 2.67. The van der Waals surface area contributed by atoms with Gasteiger partial charge in [0, 0.05) is 32.1 Å². The number of hydrogen-bond acceptors (Lipinski definition) is 5. The van der Waals surface area contributed by atoms with Crippen LogP contribution in [0.2, 0.25) is 0 Å². The summed E-state index contributed by atoms with van der Waals surface area (Å²) in [4.78, 5) is 14.5. The van der Waals surface area contributed by atoms with Crippen molar-refractivity contribution in [1.82, 2.24) is 15.0 Å². The topological polar surface area (TPSA) is 53.9 Å². The molecule has 0 aliphatic heterocycles. The first kappa shape index (κ1) is 18.6. The van der Waals surface area contributed by atoms with Gasteiger partial charge in [0.05, 0.1) is 5.69 Å². The van der Waals surface area contributed by atoms with E-state index in [1.54, 1.807) is 25.4 Å². The summed E-state index contributed by atoms with van der Waals surface area (Å²) in [7, 11) is 1.88. The molecule has 0 saturated carbocycles. The molecule has 2 heterocycles. The summed E-state index contributed by atoms with van der Waals surface area (Å²) in [5, 5.41) is 2.68. The Morgan fingerprint density at radius 2 is 1.74 bits per heavy atom. The molecule has 0 bridgehead atoms. The Hall–Kier alpha value is -3.16. The number of aromatic nitrogens is 3. The van der Waals surface area contributed by atoms with Crippen molar-refractivity contribution in [3.05, 3.63) is 71.6 Å². The molecule has 0 spiro atoms. The molecule has 0 fully saturated rings. The van der Waals surface area contributed by atoms with Gasteiger partial charge in [-0.05, 0) is 43.2 Å². The van der Waals surface area contributed by atoms with Crippen LogP contribution in [0.4, 0.5) is 30.5 Å². The van der Waals surface area contributed by atoms with Gasteiger partial charge in [-0.15, -0.1) is 0 Å². The third kappa shape index (κ3) is 4.52. The normalized spacial score (nSPS) is 10.7.